The van der Waals surface area contributed by atoms with E-state index in [1.54, 1.807) is 12.2 Å². The van der Waals surface area contributed by atoms with Gasteiger partial charge in [-0.05, 0) is 0 Å². The van der Waals surface area contributed by atoms with Crippen LogP contribution in [0.3, 0.4) is 0 Å². The standard InChI is InChI=1S/2C3H5.2C2H4O2.Sn/c2*1-3-2;2*1-2(3)4;/h2*3H,1-2H2;2*1H3,(H,3,4);/q;;;;+2/p-2. The molecule has 84 valence electrons. The number of carbonyl (C=O) groups is 2. The first-order chi connectivity index (χ1) is 6.95. The van der Waals surface area contributed by atoms with Gasteiger partial charge < -0.3 is 0 Å². The molecule has 0 atom stereocenters. The molecule has 0 rings (SSSR count). The second kappa shape index (κ2) is 6.66. The molecule has 0 aliphatic rings. The summed E-state index contributed by atoms with van der Waals surface area (Å²) in [5.74, 6) is -0.841. The zero-order valence-corrected chi connectivity index (χ0v) is 12.0. The summed E-state index contributed by atoms with van der Waals surface area (Å²) in [6.07, 6.45) is 3.23. The Labute approximate surface area is 94.9 Å². The van der Waals surface area contributed by atoms with Crippen LogP contribution in [0.25, 0.3) is 0 Å². The fourth-order valence-corrected chi connectivity index (χ4v) is 8.28. The molecule has 0 spiro atoms. The van der Waals surface area contributed by atoms with Crippen LogP contribution in [0.5, 0.6) is 0 Å². The molecule has 0 bridgehead atoms. The second-order valence-electron chi connectivity index (χ2n) is 3.08. The van der Waals surface area contributed by atoms with E-state index < -0.39 is 31.1 Å². The summed E-state index contributed by atoms with van der Waals surface area (Å²) in [5, 5.41) is 0. The topological polar surface area (TPSA) is 52.6 Å². The van der Waals surface area contributed by atoms with Crippen LogP contribution in [-0.2, 0) is 15.7 Å². The Balaban J connectivity index is 4.84. The van der Waals surface area contributed by atoms with Gasteiger partial charge in [0.25, 0.3) is 0 Å². The number of carbonyl (C=O) groups excluding carboxylic acids is 2. The van der Waals surface area contributed by atoms with E-state index in [0.717, 1.165) is 0 Å². The van der Waals surface area contributed by atoms with E-state index in [1.807, 2.05) is 0 Å². The van der Waals surface area contributed by atoms with Gasteiger partial charge in [-0.25, -0.2) is 0 Å². The van der Waals surface area contributed by atoms with Gasteiger partial charge in [0.15, 0.2) is 0 Å². The molecule has 0 aromatic heterocycles. The summed E-state index contributed by atoms with van der Waals surface area (Å²) in [5.41, 5.74) is 0. The molecule has 0 amide bonds. The predicted molar refractivity (Wildman–Crippen MR) is 59.3 cm³/mol. The first-order valence-electron chi connectivity index (χ1n) is 4.56. The van der Waals surface area contributed by atoms with Gasteiger partial charge in [-0.1, -0.05) is 0 Å². The van der Waals surface area contributed by atoms with Crippen LogP contribution in [-0.4, -0.2) is 31.1 Å². The summed E-state index contributed by atoms with van der Waals surface area (Å²) >= 11 is -3.66. The molecule has 0 unspecified atom stereocenters. The summed E-state index contributed by atoms with van der Waals surface area (Å²) in [4.78, 5) is 21.9. The Morgan fingerprint density at radius 1 is 1.07 bits per heavy atom. The SMILES string of the molecule is C=C[CH2][Sn]([CH2]C=C)([O]C(C)=O)[O]C(C)=O. The molecule has 0 fully saturated rings. The first-order valence-corrected chi connectivity index (χ1v) is 10.9. The molecule has 4 nitrogen and oxygen atoms in total. The molecule has 0 radical (unpaired) electrons. The molecule has 0 heterocycles. The number of allylic oxidation sites excluding steroid dienone is 2. The zero-order chi connectivity index (χ0) is 11.9. The molecule has 0 aliphatic heterocycles. The third-order valence-corrected chi connectivity index (χ3v) is 10.5. The maximum atomic E-state index is 11.0. The fraction of sp³-hybridized carbons (Fsp3) is 0.400. The van der Waals surface area contributed by atoms with Gasteiger partial charge in [-0.2, -0.15) is 0 Å². The Morgan fingerprint density at radius 2 is 1.40 bits per heavy atom. The van der Waals surface area contributed by atoms with Crippen molar-refractivity contribution in [2.45, 2.75) is 22.7 Å². The van der Waals surface area contributed by atoms with Crippen molar-refractivity contribution in [3.8, 4) is 0 Å². The van der Waals surface area contributed by atoms with Crippen LogP contribution >= 0.6 is 0 Å². The van der Waals surface area contributed by atoms with Gasteiger partial charge in [0.2, 0.25) is 0 Å². The van der Waals surface area contributed by atoms with E-state index in [1.165, 1.54) is 13.8 Å². The van der Waals surface area contributed by atoms with E-state index >= 15 is 0 Å². The van der Waals surface area contributed by atoms with E-state index in [9.17, 15) is 9.59 Å². The van der Waals surface area contributed by atoms with Crippen LogP contribution in [0.15, 0.2) is 25.3 Å². The van der Waals surface area contributed by atoms with E-state index in [0.29, 0.717) is 8.87 Å². The van der Waals surface area contributed by atoms with Gasteiger partial charge >= 0.3 is 94.9 Å². The Bertz CT molecular complexity index is 245. The van der Waals surface area contributed by atoms with Crippen molar-refractivity contribution in [2.24, 2.45) is 0 Å². The van der Waals surface area contributed by atoms with Crippen molar-refractivity contribution in [1.82, 2.24) is 0 Å². The number of hydrogen-bond donors (Lipinski definition) is 0. The van der Waals surface area contributed by atoms with Gasteiger partial charge in [-0.3, -0.25) is 0 Å². The molecule has 0 saturated carbocycles. The van der Waals surface area contributed by atoms with Crippen molar-refractivity contribution < 1.29 is 15.7 Å². The van der Waals surface area contributed by atoms with E-state index in [-0.39, 0.29) is 0 Å². The minimum atomic E-state index is -3.66. The third kappa shape index (κ3) is 5.61. The number of rotatable bonds is 6. The fourth-order valence-electron chi connectivity index (χ4n) is 1.23. The number of hydrogen-bond acceptors (Lipinski definition) is 4. The molecular formula is C10H16O4Sn. The van der Waals surface area contributed by atoms with Gasteiger partial charge in [0.05, 0.1) is 0 Å². The van der Waals surface area contributed by atoms with E-state index in [4.69, 9.17) is 6.15 Å². The molecule has 0 aromatic rings. The molecule has 15 heavy (non-hydrogen) atoms. The summed E-state index contributed by atoms with van der Waals surface area (Å²) in [6.45, 7) is 9.77. The van der Waals surface area contributed by atoms with Crippen molar-refractivity contribution in [1.29, 1.82) is 0 Å². The monoisotopic (exact) mass is 320 g/mol. The quantitative estimate of drug-likeness (QED) is 0.554. The zero-order valence-electron chi connectivity index (χ0n) is 9.12. The van der Waals surface area contributed by atoms with Gasteiger partial charge in [0, 0.05) is 0 Å². The third-order valence-electron chi connectivity index (χ3n) is 1.57. The first kappa shape index (κ1) is 14.2. The van der Waals surface area contributed by atoms with E-state index in [2.05, 4.69) is 13.2 Å². The normalized spacial score (nSPS) is 10.3. The summed E-state index contributed by atoms with van der Waals surface area (Å²) in [7, 11) is 0. The molecule has 5 heteroatoms. The van der Waals surface area contributed by atoms with Crippen molar-refractivity contribution >= 4 is 31.1 Å². The molecule has 0 N–H and O–H groups in total. The molecular weight excluding hydrogens is 303 g/mol. The molecule has 0 aromatic carbocycles. The molecule has 0 saturated heterocycles. The van der Waals surface area contributed by atoms with Crippen LogP contribution in [0.4, 0.5) is 0 Å². The van der Waals surface area contributed by atoms with Crippen LogP contribution < -0.4 is 0 Å². The summed E-state index contributed by atoms with van der Waals surface area (Å²) in [6, 6.07) is 0. The minimum absolute atomic E-state index is 0.421. The second-order valence-corrected chi connectivity index (χ2v) is 11.8. The van der Waals surface area contributed by atoms with Crippen LogP contribution in [0, 0.1) is 0 Å². The van der Waals surface area contributed by atoms with Crippen molar-refractivity contribution in [3.63, 3.8) is 0 Å². The summed E-state index contributed by atoms with van der Waals surface area (Å²) < 4.78 is 11.3. The van der Waals surface area contributed by atoms with Crippen molar-refractivity contribution in [3.05, 3.63) is 25.3 Å². The maximum absolute atomic E-state index is 11.0. The predicted octanol–water partition coefficient (Wildman–Crippen LogP) is 1.93. The average molecular weight is 319 g/mol. The molecule has 0 aliphatic carbocycles. The van der Waals surface area contributed by atoms with Gasteiger partial charge in [-0.15, -0.1) is 0 Å². The Kier molecular flexibility index (Phi) is 6.31. The average Bonchev–Trinajstić information content (AvgIpc) is 2.01. The Morgan fingerprint density at radius 3 is 1.60 bits per heavy atom. The van der Waals surface area contributed by atoms with Crippen LogP contribution in [0.1, 0.15) is 13.8 Å². The Hall–Kier alpha value is -0.781. The van der Waals surface area contributed by atoms with Crippen LogP contribution in [0.2, 0.25) is 8.87 Å². The van der Waals surface area contributed by atoms with Crippen molar-refractivity contribution in [2.75, 3.05) is 0 Å². The van der Waals surface area contributed by atoms with Gasteiger partial charge in [0.1, 0.15) is 0 Å².